The molecule has 2 bridgehead atoms. The zero-order chi connectivity index (χ0) is 31.8. The lowest BCUT2D eigenvalue weighted by molar-refractivity contribution is -0.237. The molecule has 3 saturated heterocycles. The van der Waals surface area contributed by atoms with E-state index in [2.05, 4.69) is 29.9 Å². The summed E-state index contributed by atoms with van der Waals surface area (Å²) < 4.78 is 59.4. The van der Waals surface area contributed by atoms with E-state index in [0.717, 1.165) is 10.9 Å². The molecule has 2 aromatic heterocycles. The number of aliphatic hydroxyl groups is 2. The smallest absolute Gasteiger partial charge is 0.472 e. The van der Waals surface area contributed by atoms with Crippen LogP contribution in [0.25, 0.3) is 11.2 Å². The van der Waals surface area contributed by atoms with Crippen molar-refractivity contribution in [2.75, 3.05) is 18.9 Å². The summed E-state index contributed by atoms with van der Waals surface area (Å²) in [4.78, 5) is 59.8. The van der Waals surface area contributed by atoms with Crippen LogP contribution in [0.5, 0.6) is 0 Å². The van der Waals surface area contributed by atoms with Gasteiger partial charge in [0, 0.05) is 0 Å². The monoisotopic (exact) mass is 675 g/mol. The van der Waals surface area contributed by atoms with E-state index in [0.29, 0.717) is 0 Å². The summed E-state index contributed by atoms with van der Waals surface area (Å²) >= 11 is 0. The first-order valence-electron chi connectivity index (χ1n) is 13.2. The third-order valence-corrected chi connectivity index (χ3v) is 9.58. The van der Waals surface area contributed by atoms with Gasteiger partial charge in [-0.15, -0.1) is 0 Å². The molecule has 0 radical (unpaired) electrons. The van der Waals surface area contributed by atoms with Crippen molar-refractivity contribution in [2.24, 2.45) is 20.7 Å². The highest BCUT2D eigenvalue weighted by atomic mass is 31.2. The average molecular weight is 675 g/mol. The summed E-state index contributed by atoms with van der Waals surface area (Å²) in [6.07, 6.45) is -10.0. The van der Waals surface area contributed by atoms with Gasteiger partial charge in [-0.3, -0.25) is 33.0 Å². The Balaban J connectivity index is 1.17. The lowest BCUT2D eigenvalue weighted by Gasteiger charge is -2.32. The number of anilines is 1. The lowest BCUT2D eigenvalue weighted by Crippen LogP contribution is -2.51. The molecule has 5 aliphatic heterocycles. The van der Waals surface area contributed by atoms with Crippen LogP contribution in [0.4, 0.5) is 5.95 Å². The van der Waals surface area contributed by atoms with Crippen molar-refractivity contribution < 1.29 is 56.7 Å². The van der Waals surface area contributed by atoms with Gasteiger partial charge >= 0.3 is 7.82 Å². The molecule has 45 heavy (non-hydrogen) atoms. The standard InChI is InChI=1S/C20H26N10O13P2/c21-14-8-15(24-3-23-14)29(4-25-8)18-11(32)12-7(41-18)2-39-45(36,37)43-13-10(31)6(1-38-44(34,35)42-12)40-19(13)30-5-26-9-16(30)27-20(22)28-17(9)33/h3-8,10-13,15,18-19,31-32H,1-2H2,(H,34,35)(H,36,37)(H2,21,23,24)(H3,22,27,28,33)/p-1/t6-,7-,8?,10?,11?,12+,13+,15?,18-,19-/m1/s1. The minimum atomic E-state index is -5.35. The number of aromatic nitrogens is 4. The van der Waals surface area contributed by atoms with Crippen LogP contribution >= 0.6 is 15.6 Å². The van der Waals surface area contributed by atoms with Crippen LogP contribution in [0.2, 0.25) is 0 Å². The largest absolute Gasteiger partial charge is 0.756 e. The molecule has 0 amide bonds. The number of nitrogens with zero attached hydrogens (tertiary/aromatic N) is 7. The Morgan fingerprint density at radius 1 is 1.02 bits per heavy atom. The van der Waals surface area contributed by atoms with Crippen molar-refractivity contribution in [3.8, 4) is 0 Å². The number of amidine groups is 1. The molecule has 12 atom stereocenters. The fraction of sp³-hybridized carbons (Fsp3) is 0.600. The van der Waals surface area contributed by atoms with Crippen molar-refractivity contribution in [1.29, 1.82) is 0 Å². The number of nitrogens with two attached hydrogens (primary N) is 2. The lowest BCUT2D eigenvalue weighted by atomic mass is 10.1. The number of nitrogen functional groups attached to an aromatic ring is 1. The minimum absolute atomic E-state index is 0.146. The van der Waals surface area contributed by atoms with Gasteiger partial charge < -0.3 is 54.9 Å². The predicted molar refractivity (Wildman–Crippen MR) is 144 cm³/mol. The SMILES string of the molecule is NC1=NC=NC2C1N=CN2[C@@H]1O[C@@H]2COP(=O)([O-])O[C@H]3C(O)[C@@H](COP(=O)(O)O[C@@H]2C1O)O[C@H]3n1cnc2c(=O)[nH]c(N)nc21. The molecule has 244 valence electrons. The Morgan fingerprint density at radius 2 is 1.78 bits per heavy atom. The van der Waals surface area contributed by atoms with Crippen molar-refractivity contribution in [3.05, 3.63) is 16.7 Å². The third-order valence-electron chi connectivity index (χ3n) is 7.62. The molecule has 25 heteroatoms. The number of nitrogens with one attached hydrogen (secondary N) is 1. The van der Waals surface area contributed by atoms with Crippen molar-refractivity contribution in [2.45, 2.75) is 61.3 Å². The molecule has 23 nitrogen and oxygen atoms in total. The number of hydrogen-bond acceptors (Lipinski definition) is 20. The summed E-state index contributed by atoms with van der Waals surface area (Å²) in [5.41, 5.74) is 10.5. The van der Waals surface area contributed by atoms with Gasteiger partial charge in [-0.25, -0.2) is 19.5 Å². The molecule has 7 rings (SSSR count). The number of aliphatic hydroxyl groups excluding tert-OH is 2. The summed E-state index contributed by atoms with van der Waals surface area (Å²) in [6.45, 7) is -1.71. The van der Waals surface area contributed by atoms with E-state index >= 15 is 0 Å². The molecule has 0 spiro atoms. The second-order valence-corrected chi connectivity index (χ2v) is 13.2. The number of phosphoric ester groups is 2. The number of imidazole rings is 1. The highest BCUT2D eigenvalue weighted by Gasteiger charge is 2.55. The minimum Gasteiger partial charge on any atom is -0.756 e. The Labute approximate surface area is 250 Å². The maximum absolute atomic E-state index is 13.1. The molecule has 7 heterocycles. The van der Waals surface area contributed by atoms with Gasteiger partial charge in [0.25, 0.3) is 13.4 Å². The highest BCUT2D eigenvalue weighted by molar-refractivity contribution is 7.47. The summed E-state index contributed by atoms with van der Waals surface area (Å²) in [7, 11) is -10.4. The molecule has 0 aliphatic carbocycles. The number of hydrogen-bond donors (Lipinski definition) is 6. The molecule has 0 aromatic carbocycles. The topological polar surface area (TPSA) is 329 Å². The molecule has 3 fully saturated rings. The fourth-order valence-corrected chi connectivity index (χ4v) is 7.44. The van der Waals surface area contributed by atoms with E-state index in [4.69, 9.17) is 39.0 Å². The van der Waals surface area contributed by atoms with Gasteiger partial charge in [-0.2, -0.15) is 4.98 Å². The first kappa shape index (κ1) is 30.5. The number of rotatable bonds is 2. The van der Waals surface area contributed by atoms with E-state index in [9.17, 15) is 33.9 Å². The third kappa shape index (κ3) is 5.39. The normalized spacial score (nSPS) is 43.4. The first-order chi connectivity index (χ1) is 21.3. The van der Waals surface area contributed by atoms with Crippen molar-refractivity contribution in [3.63, 3.8) is 0 Å². The predicted octanol–water partition coefficient (Wildman–Crippen LogP) is -4.13. The zero-order valence-electron chi connectivity index (χ0n) is 22.5. The van der Waals surface area contributed by atoms with Crippen molar-refractivity contribution >= 4 is 51.3 Å². The Bertz CT molecular complexity index is 1750. The number of H-pyrrole nitrogens is 1. The second-order valence-electron chi connectivity index (χ2n) is 10.4. The molecular weight excluding hydrogens is 650 g/mol. The number of phosphoric acid groups is 2. The van der Waals surface area contributed by atoms with Crippen LogP contribution in [-0.2, 0) is 36.7 Å². The van der Waals surface area contributed by atoms with Gasteiger partial charge in [0.2, 0.25) is 5.95 Å². The van der Waals surface area contributed by atoms with Crippen LogP contribution < -0.4 is 21.9 Å². The van der Waals surface area contributed by atoms with Crippen LogP contribution in [0.15, 0.2) is 26.1 Å². The quantitative estimate of drug-likeness (QED) is 0.165. The van der Waals surface area contributed by atoms with Crippen molar-refractivity contribution in [1.82, 2.24) is 24.4 Å². The zero-order valence-corrected chi connectivity index (χ0v) is 24.3. The van der Waals surface area contributed by atoms with E-state index in [1.807, 2.05) is 0 Å². The van der Waals surface area contributed by atoms with Crippen LogP contribution in [0, 0.1) is 0 Å². The molecule has 5 aliphatic rings. The molecule has 0 saturated carbocycles. The van der Waals surface area contributed by atoms with Crippen LogP contribution in [0.1, 0.15) is 6.23 Å². The van der Waals surface area contributed by atoms with E-state index in [1.165, 1.54) is 17.6 Å². The Kier molecular flexibility index (Phi) is 7.43. The van der Waals surface area contributed by atoms with Gasteiger partial charge in [0.05, 0.1) is 25.9 Å². The number of aliphatic imine (C=N–C) groups is 3. The van der Waals surface area contributed by atoms with Gasteiger partial charge in [0.1, 0.15) is 54.8 Å². The number of fused-ring (bicyclic) bond motifs is 5. The molecular formula is C20H25N10O13P2-. The van der Waals surface area contributed by atoms with Crippen LogP contribution in [0.3, 0.4) is 0 Å². The fourth-order valence-electron chi connectivity index (χ4n) is 5.55. The van der Waals surface area contributed by atoms with Gasteiger partial charge in [0.15, 0.2) is 29.8 Å². The van der Waals surface area contributed by atoms with Crippen LogP contribution in [-0.4, -0.2) is 126 Å². The Morgan fingerprint density at radius 3 is 2.58 bits per heavy atom. The second kappa shape index (κ2) is 11.0. The molecule has 2 aromatic rings. The summed E-state index contributed by atoms with van der Waals surface area (Å²) in [6, 6.07) is -0.701. The Hall–Kier alpha value is -3.18. The van der Waals surface area contributed by atoms with Gasteiger partial charge in [-0.05, 0) is 0 Å². The van der Waals surface area contributed by atoms with E-state index in [-0.39, 0.29) is 22.9 Å². The number of ether oxygens (including phenoxy) is 2. The summed E-state index contributed by atoms with van der Waals surface area (Å²) in [5, 5.41) is 22.1. The number of aromatic amines is 1. The molecule has 8 N–H and O–H groups in total. The van der Waals surface area contributed by atoms with E-state index in [1.54, 1.807) is 0 Å². The van der Waals surface area contributed by atoms with E-state index < -0.39 is 95.7 Å². The maximum atomic E-state index is 13.1. The molecule has 6 unspecified atom stereocenters. The maximum Gasteiger partial charge on any atom is 0.472 e. The first-order valence-corrected chi connectivity index (χ1v) is 16.1. The average Bonchev–Trinajstić information content (AvgIpc) is 3.72. The summed E-state index contributed by atoms with van der Waals surface area (Å²) in [5.74, 6) is -0.147. The van der Waals surface area contributed by atoms with Gasteiger partial charge in [-0.1, -0.05) is 0 Å². The highest BCUT2D eigenvalue weighted by Crippen LogP contribution is 2.52.